The highest BCUT2D eigenvalue weighted by molar-refractivity contribution is 5.83. The quantitative estimate of drug-likeness (QED) is 0.755. The van der Waals surface area contributed by atoms with Gasteiger partial charge in [-0.05, 0) is 91.0 Å². The summed E-state index contributed by atoms with van der Waals surface area (Å²) in [4.78, 5) is 18.0. The minimum atomic E-state index is -0.279. The monoisotopic (exact) mass is 424 g/mol. The van der Waals surface area contributed by atoms with Crippen LogP contribution in [0.4, 0.5) is 4.39 Å². The van der Waals surface area contributed by atoms with Gasteiger partial charge in [-0.3, -0.25) is 9.69 Å². The largest absolute Gasteiger partial charge is 0.340 e. The van der Waals surface area contributed by atoms with Crippen LogP contribution in [-0.4, -0.2) is 62.1 Å². The molecular formula is C23H29FN6O. The molecule has 4 aliphatic carbocycles. The van der Waals surface area contributed by atoms with E-state index in [4.69, 9.17) is 0 Å². The second-order valence-corrected chi connectivity index (χ2v) is 10.2. The van der Waals surface area contributed by atoms with Crippen LogP contribution < -0.4 is 0 Å². The van der Waals surface area contributed by atoms with Crippen molar-refractivity contribution in [3.05, 3.63) is 35.9 Å². The number of amides is 1. The van der Waals surface area contributed by atoms with Crippen LogP contribution in [0, 0.1) is 29.0 Å². The zero-order chi connectivity index (χ0) is 21.0. The lowest BCUT2D eigenvalue weighted by molar-refractivity contribution is -0.159. The van der Waals surface area contributed by atoms with Gasteiger partial charge in [-0.2, -0.15) is 4.68 Å². The van der Waals surface area contributed by atoms with Gasteiger partial charge in [0.1, 0.15) is 5.82 Å². The summed E-state index contributed by atoms with van der Waals surface area (Å²) in [5, 5.41) is 12.1. The van der Waals surface area contributed by atoms with Crippen molar-refractivity contribution in [3.63, 3.8) is 0 Å². The molecule has 1 aliphatic heterocycles. The summed E-state index contributed by atoms with van der Waals surface area (Å²) in [5.41, 5.74) is 0.695. The molecule has 0 unspecified atom stereocenters. The fourth-order valence-corrected chi connectivity index (χ4v) is 7.10. The van der Waals surface area contributed by atoms with Gasteiger partial charge in [0.25, 0.3) is 0 Å². The predicted molar refractivity (Wildman–Crippen MR) is 112 cm³/mol. The van der Waals surface area contributed by atoms with Crippen LogP contribution >= 0.6 is 0 Å². The highest BCUT2D eigenvalue weighted by atomic mass is 19.1. The Balaban J connectivity index is 1.10. The Morgan fingerprint density at radius 1 is 0.968 bits per heavy atom. The van der Waals surface area contributed by atoms with Crippen molar-refractivity contribution in [1.29, 1.82) is 0 Å². The maximum absolute atomic E-state index is 13.6. The first kappa shape index (κ1) is 19.3. The minimum absolute atomic E-state index is 0.0520. The summed E-state index contributed by atoms with van der Waals surface area (Å²) in [5.74, 6) is 3.26. The number of hydrogen-bond donors (Lipinski definition) is 0. The molecular weight excluding hydrogens is 395 g/mol. The fraction of sp³-hybridized carbons (Fsp3) is 0.652. The van der Waals surface area contributed by atoms with Crippen LogP contribution in [0.3, 0.4) is 0 Å². The normalized spacial score (nSPS) is 32.5. The smallest absolute Gasteiger partial charge is 0.228 e. The maximum Gasteiger partial charge on any atom is 0.228 e. The number of carbonyl (C=O) groups is 1. The fourth-order valence-electron chi connectivity index (χ4n) is 7.10. The number of nitrogens with zero attached hydrogens (tertiary/aromatic N) is 6. The first-order valence-corrected chi connectivity index (χ1v) is 11.6. The van der Waals surface area contributed by atoms with Crippen LogP contribution in [0.2, 0.25) is 0 Å². The molecule has 1 amide bonds. The van der Waals surface area contributed by atoms with E-state index < -0.39 is 0 Å². The molecule has 5 fully saturated rings. The molecule has 2 aromatic rings. The molecule has 7 nitrogen and oxygen atoms in total. The molecule has 2 heterocycles. The molecule has 1 saturated heterocycles. The van der Waals surface area contributed by atoms with Crippen molar-refractivity contribution in [2.24, 2.45) is 23.2 Å². The van der Waals surface area contributed by atoms with Gasteiger partial charge in [0.2, 0.25) is 5.91 Å². The number of halogens is 1. The van der Waals surface area contributed by atoms with E-state index in [9.17, 15) is 9.18 Å². The molecule has 0 spiro atoms. The molecule has 7 rings (SSSR count). The van der Waals surface area contributed by atoms with Gasteiger partial charge < -0.3 is 4.90 Å². The highest BCUT2D eigenvalue weighted by Gasteiger charge is 2.55. The molecule has 1 aromatic carbocycles. The van der Waals surface area contributed by atoms with Crippen LogP contribution in [0.1, 0.15) is 44.3 Å². The van der Waals surface area contributed by atoms with Gasteiger partial charge in [-0.1, -0.05) is 0 Å². The molecule has 0 N–H and O–H groups in total. The van der Waals surface area contributed by atoms with Crippen molar-refractivity contribution >= 4 is 5.91 Å². The first-order valence-electron chi connectivity index (χ1n) is 11.6. The third-order valence-electron chi connectivity index (χ3n) is 8.12. The van der Waals surface area contributed by atoms with E-state index in [0.29, 0.717) is 12.5 Å². The third-order valence-corrected chi connectivity index (χ3v) is 8.12. The zero-order valence-corrected chi connectivity index (χ0v) is 17.8. The van der Waals surface area contributed by atoms with Crippen LogP contribution in [0.5, 0.6) is 0 Å². The van der Waals surface area contributed by atoms with Gasteiger partial charge in [-0.25, -0.2) is 4.39 Å². The van der Waals surface area contributed by atoms with E-state index in [1.807, 2.05) is 0 Å². The Labute approximate surface area is 181 Å². The van der Waals surface area contributed by atoms with Crippen molar-refractivity contribution in [1.82, 2.24) is 30.0 Å². The van der Waals surface area contributed by atoms with Gasteiger partial charge in [0.15, 0.2) is 5.82 Å². The van der Waals surface area contributed by atoms with E-state index in [-0.39, 0.29) is 11.2 Å². The van der Waals surface area contributed by atoms with Crippen LogP contribution in [0.15, 0.2) is 24.3 Å². The number of tetrazole rings is 1. The molecule has 0 atom stereocenters. The standard InChI is InChI=1S/C23H29FN6O/c24-19-1-3-20(4-2-19)30-21(25-26-27-30)15-28-5-7-29(8-6-28)22(31)23-12-16-9-17(13-23)11-18(10-16)14-23/h1-4,16-18H,5-15H2. The molecule has 0 radical (unpaired) electrons. The summed E-state index contributed by atoms with van der Waals surface area (Å²) < 4.78 is 14.9. The van der Waals surface area contributed by atoms with Gasteiger partial charge in [-0.15, -0.1) is 5.10 Å². The third kappa shape index (κ3) is 3.45. The van der Waals surface area contributed by atoms with E-state index in [2.05, 4.69) is 25.3 Å². The second-order valence-electron chi connectivity index (χ2n) is 10.2. The predicted octanol–water partition coefficient (Wildman–Crippen LogP) is 2.66. The summed E-state index contributed by atoms with van der Waals surface area (Å²) in [6.45, 7) is 3.82. The second kappa shape index (κ2) is 7.36. The topological polar surface area (TPSA) is 67.2 Å². The molecule has 8 heteroatoms. The Bertz CT molecular complexity index is 929. The van der Waals surface area contributed by atoms with Crippen molar-refractivity contribution < 1.29 is 9.18 Å². The minimum Gasteiger partial charge on any atom is -0.340 e. The summed E-state index contributed by atoms with van der Waals surface area (Å²) >= 11 is 0. The van der Waals surface area contributed by atoms with Gasteiger partial charge in [0, 0.05) is 26.2 Å². The average Bonchev–Trinajstić information content (AvgIpc) is 3.21. The van der Waals surface area contributed by atoms with E-state index >= 15 is 0 Å². The van der Waals surface area contributed by atoms with Crippen LogP contribution in [0.25, 0.3) is 5.69 Å². The molecule has 5 aliphatic rings. The number of piperazine rings is 1. The van der Waals surface area contributed by atoms with E-state index in [1.54, 1.807) is 16.8 Å². The Morgan fingerprint density at radius 2 is 1.58 bits per heavy atom. The highest BCUT2D eigenvalue weighted by Crippen LogP contribution is 2.60. The molecule has 4 bridgehead atoms. The lowest BCUT2D eigenvalue weighted by Crippen LogP contribution is -2.58. The Morgan fingerprint density at radius 3 is 2.19 bits per heavy atom. The SMILES string of the molecule is O=C(N1CCN(Cc2nnnn2-c2ccc(F)cc2)CC1)C12CC3CC(CC(C3)C1)C2. The average molecular weight is 425 g/mol. The number of hydrogen-bond acceptors (Lipinski definition) is 5. The first-order chi connectivity index (χ1) is 15.1. The molecule has 1 aromatic heterocycles. The summed E-state index contributed by atoms with van der Waals surface area (Å²) in [6.07, 6.45) is 7.48. The molecule has 4 saturated carbocycles. The zero-order valence-electron chi connectivity index (χ0n) is 17.8. The Hall–Kier alpha value is -2.35. The van der Waals surface area contributed by atoms with Crippen molar-refractivity contribution in [2.75, 3.05) is 26.2 Å². The number of rotatable bonds is 4. The summed E-state index contributed by atoms with van der Waals surface area (Å²) in [6, 6.07) is 6.18. The maximum atomic E-state index is 13.6. The number of benzene rings is 1. The van der Waals surface area contributed by atoms with E-state index in [0.717, 1.165) is 74.7 Å². The summed E-state index contributed by atoms with van der Waals surface area (Å²) in [7, 11) is 0. The lowest BCUT2D eigenvalue weighted by atomic mass is 9.49. The van der Waals surface area contributed by atoms with Gasteiger partial charge in [0.05, 0.1) is 17.6 Å². The molecule has 164 valence electrons. The van der Waals surface area contributed by atoms with Crippen molar-refractivity contribution in [2.45, 2.75) is 45.1 Å². The van der Waals surface area contributed by atoms with Crippen LogP contribution in [-0.2, 0) is 11.3 Å². The van der Waals surface area contributed by atoms with E-state index in [1.165, 1.54) is 31.4 Å². The number of carbonyl (C=O) groups excluding carboxylic acids is 1. The number of aromatic nitrogens is 4. The molecule has 31 heavy (non-hydrogen) atoms. The van der Waals surface area contributed by atoms with Gasteiger partial charge >= 0.3 is 0 Å². The Kier molecular flexibility index (Phi) is 4.59. The lowest BCUT2D eigenvalue weighted by Gasteiger charge is -2.57. The van der Waals surface area contributed by atoms with Crippen molar-refractivity contribution in [3.8, 4) is 5.69 Å².